The van der Waals surface area contributed by atoms with Crippen molar-refractivity contribution in [3.8, 4) is 0 Å². The number of ether oxygens (including phenoxy) is 1. The Labute approximate surface area is 109 Å². The van der Waals surface area contributed by atoms with Gasteiger partial charge in [0.15, 0.2) is 9.84 Å². The molecule has 1 fully saturated rings. The third kappa shape index (κ3) is 4.18. The number of rotatable bonds is 7. The molecule has 0 bridgehead atoms. The average Bonchev–Trinajstić information content (AvgIpc) is 2.59. The first-order valence-electron chi connectivity index (χ1n) is 6.01. The highest BCUT2D eigenvalue weighted by atomic mass is 32.2. The van der Waals surface area contributed by atoms with Crippen molar-refractivity contribution in [2.45, 2.75) is 25.8 Å². The molecule has 108 valence electrons. The number of hydrogen-bond acceptors (Lipinski definition) is 5. The SMILES string of the molecule is CCCS(=O)(=O)N(CCOC)C1CCS(=O)(=O)C1. The van der Waals surface area contributed by atoms with Gasteiger partial charge in [-0.1, -0.05) is 6.92 Å². The monoisotopic (exact) mass is 299 g/mol. The lowest BCUT2D eigenvalue weighted by Gasteiger charge is -2.26. The highest BCUT2D eigenvalue weighted by Crippen LogP contribution is 2.21. The van der Waals surface area contributed by atoms with Crippen LogP contribution in [0.1, 0.15) is 19.8 Å². The lowest BCUT2D eigenvalue weighted by molar-refractivity contribution is 0.169. The molecule has 0 saturated carbocycles. The standard InChI is InChI=1S/C10H21NO5S2/c1-3-7-18(14,15)11(5-6-16-2)10-4-8-17(12,13)9-10/h10H,3-9H2,1-2H3. The van der Waals surface area contributed by atoms with Crippen molar-refractivity contribution in [3.05, 3.63) is 0 Å². The van der Waals surface area contributed by atoms with Crippen LogP contribution >= 0.6 is 0 Å². The third-order valence-corrected chi connectivity index (χ3v) is 6.82. The molecule has 1 heterocycles. The van der Waals surface area contributed by atoms with Gasteiger partial charge in [-0.3, -0.25) is 0 Å². The zero-order valence-corrected chi connectivity index (χ0v) is 12.5. The fourth-order valence-corrected chi connectivity index (χ4v) is 5.67. The number of nitrogens with zero attached hydrogens (tertiary/aromatic N) is 1. The van der Waals surface area contributed by atoms with Gasteiger partial charge in [-0.25, -0.2) is 16.8 Å². The van der Waals surface area contributed by atoms with Crippen LogP contribution in [0.3, 0.4) is 0 Å². The van der Waals surface area contributed by atoms with E-state index in [0.29, 0.717) is 12.8 Å². The summed E-state index contributed by atoms with van der Waals surface area (Å²) in [5, 5.41) is 0. The van der Waals surface area contributed by atoms with E-state index in [0.717, 1.165) is 0 Å². The van der Waals surface area contributed by atoms with Crippen molar-refractivity contribution in [1.82, 2.24) is 4.31 Å². The van der Waals surface area contributed by atoms with E-state index in [2.05, 4.69) is 0 Å². The van der Waals surface area contributed by atoms with E-state index in [4.69, 9.17) is 4.74 Å². The molecule has 0 aliphatic carbocycles. The molecule has 1 saturated heterocycles. The van der Waals surface area contributed by atoms with Crippen molar-refractivity contribution in [3.63, 3.8) is 0 Å². The van der Waals surface area contributed by atoms with E-state index >= 15 is 0 Å². The molecule has 1 unspecified atom stereocenters. The molecule has 0 aromatic carbocycles. The van der Waals surface area contributed by atoms with Crippen LogP contribution in [0.4, 0.5) is 0 Å². The second-order valence-electron chi connectivity index (χ2n) is 4.48. The minimum Gasteiger partial charge on any atom is -0.383 e. The first-order chi connectivity index (χ1) is 8.32. The Hall–Kier alpha value is -0.180. The second-order valence-corrected chi connectivity index (χ2v) is 8.75. The van der Waals surface area contributed by atoms with Gasteiger partial charge in [-0.05, 0) is 12.8 Å². The van der Waals surface area contributed by atoms with Crippen LogP contribution in [-0.2, 0) is 24.6 Å². The summed E-state index contributed by atoms with van der Waals surface area (Å²) >= 11 is 0. The summed E-state index contributed by atoms with van der Waals surface area (Å²) in [5.74, 6) is 0.0513. The zero-order valence-electron chi connectivity index (χ0n) is 10.8. The minimum atomic E-state index is -3.39. The number of methoxy groups -OCH3 is 1. The summed E-state index contributed by atoms with van der Waals surface area (Å²) in [7, 11) is -4.98. The normalized spacial score (nSPS) is 23.6. The molecular formula is C10H21NO5S2. The first-order valence-corrected chi connectivity index (χ1v) is 9.44. The van der Waals surface area contributed by atoms with E-state index in [1.807, 2.05) is 0 Å². The molecule has 1 aliphatic rings. The van der Waals surface area contributed by atoms with Gasteiger partial charge in [0.05, 0.1) is 23.9 Å². The van der Waals surface area contributed by atoms with Crippen molar-refractivity contribution < 1.29 is 21.6 Å². The first kappa shape index (κ1) is 15.9. The predicted molar refractivity (Wildman–Crippen MR) is 69.7 cm³/mol. The van der Waals surface area contributed by atoms with Crippen LogP contribution in [0, 0.1) is 0 Å². The molecule has 0 aromatic rings. The summed E-state index contributed by atoms with van der Waals surface area (Å²) in [5.41, 5.74) is 0. The number of hydrogen-bond donors (Lipinski definition) is 0. The maximum Gasteiger partial charge on any atom is 0.214 e. The average molecular weight is 299 g/mol. The molecule has 6 nitrogen and oxygen atoms in total. The van der Waals surface area contributed by atoms with Crippen LogP contribution in [0.5, 0.6) is 0 Å². The minimum absolute atomic E-state index is 0.0489. The Kier molecular flexibility index (Phi) is 5.57. The molecule has 18 heavy (non-hydrogen) atoms. The van der Waals surface area contributed by atoms with Crippen LogP contribution in [0.2, 0.25) is 0 Å². The quantitative estimate of drug-likeness (QED) is 0.654. The number of sulfone groups is 1. The molecule has 1 rings (SSSR count). The van der Waals surface area contributed by atoms with E-state index < -0.39 is 25.9 Å². The van der Waals surface area contributed by atoms with Crippen molar-refractivity contribution in [1.29, 1.82) is 0 Å². The maximum atomic E-state index is 12.1. The Morgan fingerprint density at radius 2 is 2.06 bits per heavy atom. The van der Waals surface area contributed by atoms with Crippen LogP contribution in [0.15, 0.2) is 0 Å². The molecule has 0 amide bonds. The molecule has 8 heteroatoms. The van der Waals surface area contributed by atoms with E-state index in [1.54, 1.807) is 6.92 Å². The van der Waals surface area contributed by atoms with Crippen LogP contribution in [0.25, 0.3) is 0 Å². The van der Waals surface area contributed by atoms with E-state index in [9.17, 15) is 16.8 Å². The molecule has 0 radical (unpaired) electrons. The summed E-state index contributed by atoms with van der Waals surface area (Å²) in [6, 6.07) is -0.429. The van der Waals surface area contributed by atoms with E-state index in [-0.39, 0.29) is 30.4 Å². The molecule has 0 spiro atoms. The van der Waals surface area contributed by atoms with Gasteiger partial charge in [0.2, 0.25) is 10.0 Å². The van der Waals surface area contributed by atoms with Gasteiger partial charge in [0.1, 0.15) is 0 Å². The number of sulfonamides is 1. The maximum absolute atomic E-state index is 12.1. The molecule has 1 aliphatic heterocycles. The topological polar surface area (TPSA) is 80.8 Å². The lowest BCUT2D eigenvalue weighted by atomic mass is 10.3. The Balaban J connectivity index is 2.85. The van der Waals surface area contributed by atoms with Crippen molar-refractivity contribution >= 4 is 19.9 Å². The molecule has 1 atom stereocenters. The molecule has 0 N–H and O–H groups in total. The van der Waals surface area contributed by atoms with Crippen molar-refractivity contribution in [2.75, 3.05) is 37.5 Å². The smallest absolute Gasteiger partial charge is 0.214 e. The molecular weight excluding hydrogens is 278 g/mol. The van der Waals surface area contributed by atoms with Crippen LogP contribution < -0.4 is 0 Å². The fraction of sp³-hybridized carbons (Fsp3) is 1.00. The fourth-order valence-electron chi connectivity index (χ4n) is 2.11. The van der Waals surface area contributed by atoms with Crippen molar-refractivity contribution in [2.24, 2.45) is 0 Å². The van der Waals surface area contributed by atoms with Crippen LogP contribution in [-0.4, -0.2) is 64.7 Å². The zero-order chi connectivity index (χ0) is 13.8. The predicted octanol–water partition coefficient (Wildman–Crippen LogP) is -0.138. The second kappa shape index (κ2) is 6.31. The summed E-state index contributed by atoms with van der Waals surface area (Å²) in [4.78, 5) is 0. The highest BCUT2D eigenvalue weighted by molar-refractivity contribution is 7.92. The van der Waals surface area contributed by atoms with Gasteiger partial charge >= 0.3 is 0 Å². The van der Waals surface area contributed by atoms with Gasteiger partial charge in [0, 0.05) is 19.7 Å². The Morgan fingerprint density at radius 1 is 1.39 bits per heavy atom. The van der Waals surface area contributed by atoms with Gasteiger partial charge in [-0.2, -0.15) is 4.31 Å². The third-order valence-electron chi connectivity index (χ3n) is 2.95. The van der Waals surface area contributed by atoms with E-state index in [1.165, 1.54) is 11.4 Å². The summed E-state index contributed by atoms with van der Waals surface area (Å²) in [6.45, 7) is 2.29. The summed E-state index contributed by atoms with van der Waals surface area (Å²) in [6.07, 6.45) is 0.903. The van der Waals surface area contributed by atoms with Gasteiger partial charge < -0.3 is 4.74 Å². The Morgan fingerprint density at radius 3 is 2.50 bits per heavy atom. The highest BCUT2D eigenvalue weighted by Gasteiger charge is 2.37. The van der Waals surface area contributed by atoms with Gasteiger partial charge in [-0.15, -0.1) is 0 Å². The lowest BCUT2D eigenvalue weighted by Crippen LogP contribution is -2.44. The summed E-state index contributed by atoms with van der Waals surface area (Å²) < 4.78 is 53.3. The van der Waals surface area contributed by atoms with Gasteiger partial charge in [0.25, 0.3) is 0 Å². The largest absolute Gasteiger partial charge is 0.383 e. The molecule has 0 aromatic heterocycles. The Bertz CT molecular complexity index is 457.